The van der Waals surface area contributed by atoms with Crippen LogP contribution in [0.5, 0.6) is 0 Å². The summed E-state index contributed by atoms with van der Waals surface area (Å²) < 4.78 is 1.18. The third-order valence-corrected chi connectivity index (χ3v) is 5.01. The summed E-state index contributed by atoms with van der Waals surface area (Å²) in [6, 6.07) is 2.52. The summed E-state index contributed by atoms with van der Waals surface area (Å²) in [5.41, 5.74) is 0. The maximum absolute atomic E-state index is 11.5. The van der Waals surface area contributed by atoms with Crippen LogP contribution in [0.3, 0.4) is 0 Å². The first-order valence-corrected chi connectivity index (χ1v) is 7.61. The molecule has 1 aromatic rings. The van der Waals surface area contributed by atoms with Crippen LogP contribution in [0.25, 0.3) is 0 Å². The van der Waals surface area contributed by atoms with Crippen molar-refractivity contribution in [3.8, 4) is 0 Å². The van der Waals surface area contributed by atoms with E-state index in [0.29, 0.717) is 12.5 Å². The summed E-state index contributed by atoms with van der Waals surface area (Å²) in [4.78, 5) is 14.8. The van der Waals surface area contributed by atoms with E-state index in [1.165, 1.54) is 9.35 Å². The van der Waals surface area contributed by atoms with Crippen molar-refractivity contribution in [1.29, 1.82) is 0 Å². The smallest absolute Gasteiger partial charge is 0.222 e. The first-order valence-electron chi connectivity index (χ1n) is 5.93. The van der Waals surface area contributed by atoms with Crippen LogP contribution < -0.4 is 5.32 Å². The molecule has 17 heavy (non-hydrogen) atoms. The number of carbonyl (C=O) groups excluding carboxylic acids is 1. The van der Waals surface area contributed by atoms with Crippen molar-refractivity contribution < 1.29 is 4.79 Å². The molecule has 0 spiro atoms. The fourth-order valence-corrected chi connectivity index (χ4v) is 3.51. The molecule has 1 aliphatic heterocycles. The summed E-state index contributed by atoms with van der Waals surface area (Å²) in [5, 5.41) is 5.61. The predicted octanol–water partition coefficient (Wildman–Crippen LogP) is 2.61. The van der Waals surface area contributed by atoms with Gasteiger partial charge < -0.3 is 10.2 Å². The van der Waals surface area contributed by atoms with Crippen LogP contribution in [-0.2, 0) is 11.3 Å². The second kappa shape index (κ2) is 5.98. The van der Waals surface area contributed by atoms with Crippen LogP contribution in [0, 0.1) is 0 Å². The Balaban J connectivity index is 1.79. The summed E-state index contributed by atoms with van der Waals surface area (Å²) in [6.07, 6.45) is 1.68. The van der Waals surface area contributed by atoms with Crippen LogP contribution in [0.1, 0.15) is 24.6 Å². The molecule has 1 N–H and O–H groups in total. The van der Waals surface area contributed by atoms with Gasteiger partial charge in [0.25, 0.3) is 0 Å². The van der Waals surface area contributed by atoms with Crippen LogP contribution in [-0.4, -0.2) is 29.9 Å². The highest BCUT2D eigenvalue weighted by Gasteiger charge is 2.24. The third kappa shape index (κ3) is 3.30. The molecule has 0 unspecified atom stereocenters. The van der Waals surface area contributed by atoms with Gasteiger partial charge in [0.15, 0.2) is 0 Å². The summed E-state index contributed by atoms with van der Waals surface area (Å²) in [5.74, 6) is 0.270. The van der Waals surface area contributed by atoms with Crippen molar-refractivity contribution in [3.05, 3.63) is 20.8 Å². The SMILES string of the molecule is CCC(=O)N1CC[C@@H](NCc2sccc2Br)C1. The van der Waals surface area contributed by atoms with E-state index in [4.69, 9.17) is 0 Å². The van der Waals surface area contributed by atoms with E-state index in [1.54, 1.807) is 11.3 Å². The number of thiophene rings is 1. The minimum atomic E-state index is 0.270. The first-order chi connectivity index (χ1) is 8.20. The Morgan fingerprint density at radius 3 is 3.18 bits per heavy atom. The summed E-state index contributed by atoms with van der Waals surface area (Å²) >= 11 is 5.28. The lowest BCUT2D eigenvalue weighted by Crippen LogP contribution is -2.34. The van der Waals surface area contributed by atoms with Crippen LogP contribution in [0.2, 0.25) is 0 Å². The quantitative estimate of drug-likeness (QED) is 0.926. The van der Waals surface area contributed by atoms with Crippen molar-refractivity contribution in [2.24, 2.45) is 0 Å². The molecule has 0 aliphatic carbocycles. The normalized spacial score (nSPS) is 19.9. The molecule has 3 nitrogen and oxygen atoms in total. The Bertz CT molecular complexity index is 394. The molecule has 1 aromatic heterocycles. The fraction of sp³-hybridized carbons (Fsp3) is 0.583. The van der Waals surface area contributed by atoms with E-state index in [-0.39, 0.29) is 5.91 Å². The average Bonchev–Trinajstić information content (AvgIpc) is 2.94. The molecule has 1 saturated heterocycles. The largest absolute Gasteiger partial charge is 0.341 e. The van der Waals surface area contributed by atoms with E-state index in [9.17, 15) is 4.79 Å². The Morgan fingerprint density at radius 2 is 2.53 bits per heavy atom. The Morgan fingerprint density at radius 1 is 1.71 bits per heavy atom. The first kappa shape index (κ1) is 13.1. The molecule has 0 radical (unpaired) electrons. The molecule has 1 aliphatic rings. The van der Waals surface area contributed by atoms with Gasteiger partial charge in [-0.2, -0.15) is 0 Å². The highest BCUT2D eigenvalue weighted by Crippen LogP contribution is 2.22. The van der Waals surface area contributed by atoms with Crippen molar-refractivity contribution in [2.75, 3.05) is 13.1 Å². The molecule has 2 heterocycles. The van der Waals surface area contributed by atoms with Crippen LogP contribution >= 0.6 is 27.3 Å². The standard InChI is InChI=1S/C12H17BrN2OS/c1-2-12(16)15-5-3-9(8-15)14-7-11-10(13)4-6-17-11/h4,6,9,14H,2-3,5,7-8H2,1H3/t9-/m1/s1. The van der Waals surface area contributed by atoms with E-state index in [0.717, 1.165) is 26.1 Å². The zero-order chi connectivity index (χ0) is 12.3. The van der Waals surface area contributed by atoms with Gasteiger partial charge >= 0.3 is 0 Å². The number of amides is 1. The minimum absolute atomic E-state index is 0.270. The number of hydrogen-bond acceptors (Lipinski definition) is 3. The molecule has 1 amide bonds. The second-order valence-electron chi connectivity index (χ2n) is 4.25. The molecule has 94 valence electrons. The van der Waals surface area contributed by atoms with Gasteiger partial charge in [-0.1, -0.05) is 6.92 Å². The van der Waals surface area contributed by atoms with Gasteiger partial charge in [0.05, 0.1) is 0 Å². The monoisotopic (exact) mass is 316 g/mol. The van der Waals surface area contributed by atoms with Gasteiger partial charge in [0.1, 0.15) is 0 Å². The zero-order valence-corrected chi connectivity index (χ0v) is 12.3. The molecule has 0 bridgehead atoms. The number of nitrogens with one attached hydrogen (secondary N) is 1. The van der Waals surface area contributed by atoms with Gasteiger partial charge in [0.2, 0.25) is 5.91 Å². The molecule has 0 aromatic carbocycles. The van der Waals surface area contributed by atoms with Gasteiger partial charge in [0, 0.05) is 41.4 Å². The van der Waals surface area contributed by atoms with Crippen LogP contribution in [0.15, 0.2) is 15.9 Å². The van der Waals surface area contributed by atoms with Gasteiger partial charge in [-0.25, -0.2) is 0 Å². The second-order valence-corrected chi connectivity index (χ2v) is 6.11. The minimum Gasteiger partial charge on any atom is -0.341 e. The van der Waals surface area contributed by atoms with Gasteiger partial charge in [-0.05, 0) is 33.8 Å². The van der Waals surface area contributed by atoms with E-state index in [2.05, 4.69) is 32.7 Å². The molecule has 2 rings (SSSR count). The third-order valence-electron chi connectivity index (χ3n) is 3.09. The molecular formula is C12H17BrN2OS. The topological polar surface area (TPSA) is 32.3 Å². The number of hydrogen-bond donors (Lipinski definition) is 1. The summed E-state index contributed by atoms with van der Waals surface area (Å²) in [6.45, 7) is 4.56. The zero-order valence-electron chi connectivity index (χ0n) is 9.91. The summed E-state index contributed by atoms with van der Waals surface area (Å²) in [7, 11) is 0. The van der Waals surface area contributed by atoms with E-state index in [1.807, 2.05) is 11.8 Å². The molecule has 1 atom stereocenters. The average molecular weight is 317 g/mol. The lowest BCUT2D eigenvalue weighted by molar-refractivity contribution is -0.129. The van der Waals surface area contributed by atoms with Gasteiger partial charge in [-0.15, -0.1) is 11.3 Å². The number of halogens is 1. The number of carbonyl (C=O) groups is 1. The Labute approximate surface area is 114 Å². The van der Waals surface area contributed by atoms with Crippen molar-refractivity contribution in [1.82, 2.24) is 10.2 Å². The molecular weight excluding hydrogens is 300 g/mol. The van der Waals surface area contributed by atoms with Crippen LogP contribution in [0.4, 0.5) is 0 Å². The number of rotatable bonds is 4. The van der Waals surface area contributed by atoms with Gasteiger partial charge in [-0.3, -0.25) is 4.79 Å². The predicted molar refractivity (Wildman–Crippen MR) is 74.1 cm³/mol. The fourth-order valence-electron chi connectivity index (χ4n) is 2.07. The molecule has 1 fully saturated rings. The molecule has 0 saturated carbocycles. The highest BCUT2D eigenvalue weighted by atomic mass is 79.9. The molecule has 5 heteroatoms. The lowest BCUT2D eigenvalue weighted by atomic mass is 10.2. The Kier molecular flexibility index (Phi) is 4.59. The van der Waals surface area contributed by atoms with Crippen molar-refractivity contribution in [3.63, 3.8) is 0 Å². The number of nitrogens with zero attached hydrogens (tertiary/aromatic N) is 1. The van der Waals surface area contributed by atoms with Crippen molar-refractivity contribution in [2.45, 2.75) is 32.4 Å². The van der Waals surface area contributed by atoms with E-state index >= 15 is 0 Å². The maximum Gasteiger partial charge on any atom is 0.222 e. The lowest BCUT2D eigenvalue weighted by Gasteiger charge is -2.16. The Hall–Kier alpha value is -0.390. The van der Waals surface area contributed by atoms with Crippen molar-refractivity contribution >= 4 is 33.2 Å². The van der Waals surface area contributed by atoms with E-state index < -0.39 is 0 Å². The maximum atomic E-state index is 11.5. The highest BCUT2D eigenvalue weighted by molar-refractivity contribution is 9.10. The number of likely N-dealkylation sites (tertiary alicyclic amines) is 1.